The summed E-state index contributed by atoms with van der Waals surface area (Å²) >= 11 is 0. The second kappa shape index (κ2) is 6.36. The van der Waals surface area contributed by atoms with Gasteiger partial charge in [0.05, 0.1) is 6.20 Å². The lowest BCUT2D eigenvalue weighted by molar-refractivity contribution is 0.0692. The monoisotopic (exact) mass is 301 g/mol. The van der Waals surface area contributed by atoms with Crippen molar-refractivity contribution in [3.05, 3.63) is 11.8 Å². The van der Waals surface area contributed by atoms with E-state index in [1.54, 1.807) is 0 Å². The van der Waals surface area contributed by atoms with E-state index in [1.165, 1.54) is 25.7 Å². The fourth-order valence-electron chi connectivity index (χ4n) is 2.60. The molecule has 0 radical (unpaired) electrons. The molecular weight excluding hydrogens is 282 g/mol. The van der Waals surface area contributed by atoms with Crippen molar-refractivity contribution in [3.63, 3.8) is 0 Å². The van der Waals surface area contributed by atoms with Gasteiger partial charge in [-0.15, -0.1) is 0 Å². The Morgan fingerprint density at radius 1 is 1.45 bits per heavy atom. The number of hydrogen-bond acceptors (Lipinski definition) is 4. The first-order chi connectivity index (χ1) is 9.50. The molecule has 1 saturated carbocycles. The lowest BCUT2D eigenvalue weighted by Crippen LogP contribution is -2.27. The topological polar surface area (TPSA) is 112 Å². The number of nitrogens with one attached hydrogen (secondary N) is 2. The van der Waals surface area contributed by atoms with Crippen molar-refractivity contribution >= 4 is 16.0 Å². The number of nitrogens with zero attached hydrogens (tertiary/aromatic N) is 1. The van der Waals surface area contributed by atoms with Crippen LogP contribution in [0.4, 0.5) is 0 Å². The standard InChI is InChI=1S/C12H19N3O4S/c16-12(17)10-8-13-15-11(10)20(18,19)14-7-3-6-9-4-1-2-5-9/h8-9,14H,1-7H2,(H,13,15)(H,16,17). The number of rotatable bonds is 7. The highest BCUT2D eigenvalue weighted by Crippen LogP contribution is 2.28. The van der Waals surface area contributed by atoms with E-state index in [1.807, 2.05) is 0 Å². The molecule has 3 N–H and O–H groups in total. The third kappa shape index (κ3) is 3.57. The largest absolute Gasteiger partial charge is 0.478 e. The van der Waals surface area contributed by atoms with E-state index in [0.29, 0.717) is 12.5 Å². The number of aromatic nitrogens is 2. The third-order valence-electron chi connectivity index (χ3n) is 3.66. The molecule has 0 bridgehead atoms. The summed E-state index contributed by atoms with van der Waals surface area (Å²) in [6, 6.07) is 0. The van der Waals surface area contributed by atoms with Crippen LogP contribution in [0.15, 0.2) is 11.2 Å². The maximum absolute atomic E-state index is 12.0. The normalized spacial score (nSPS) is 16.6. The van der Waals surface area contributed by atoms with Gasteiger partial charge in [0, 0.05) is 6.54 Å². The average Bonchev–Trinajstić information content (AvgIpc) is 3.05. The zero-order valence-electron chi connectivity index (χ0n) is 11.1. The number of carboxylic acids is 1. The molecule has 20 heavy (non-hydrogen) atoms. The van der Waals surface area contributed by atoms with E-state index in [2.05, 4.69) is 14.9 Å². The Hall–Kier alpha value is -1.41. The number of H-pyrrole nitrogens is 1. The predicted molar refractivity (Wildman–Crippen MR) is 71.9 cm³/mol. The molecule has 7 nitrogen and oxygen atoms in total. The summed E-state index contributed by atoms with van der Waals surface area (Å²) in [4.78, 5) is 10.9. The highest BCUT2D eigenvalue weighted by atomic mass is 32.2. The summed E-state index contributed by atoms with van der Waals surface area (Å²) in [6.45, 7) is 0.316. The van der Waals surface area contributed by atoms with Gasteiger partial charge >= 0.3 is 5.97 Å². The van der Waals surface area contributed by atoms with E-state index in [9.17, 15) is 13.2 Å². The van der Waals surface area contributed by atoms with Crippen LogP contribution >= 0.6 is 0 Å². The van der Waals surface area contributed by atoms with Gasteiger partial charge in [0.25, 0.3) is 10.0 Å². The molecular formula is C12H19N3O4S. The fourth-order valence-corrected chi connectivity index (χ4v) is 3.76. The molecule has 1 aromatic heterocycles. The smallest absolute Gasteiger partial charge is 0.340 e. The third-order valence-corrected chi connectivity index (χ3v) is 5.09. The molecule has 0 amide bonds. The fraction of sp³-hybridized carbons (Fsp3) is 0.667. The molecule has 2 rings (SSSR count). The Kier molecular flexibility index (Phi) is 4.77. The molecule has 1 heterocycles. The molecule has 1 aliphatic carbocycles. The molecule has 0 aliphatic heterocycles. The summed E-state index contributed by atoms with van der Waals surface area (Å²) in [5.41, 5.74) is -0.340. The van der Waals surface area contributed by atoms with Gasteiger partial charge in [0.1, 0.15) is 5.56 Å². The van der Waals surface area contributed by atoms with Crippen molar-refractivity contribution in [1.82, 2.24) is 14.9 Å². The zero-order chi connectivity index (χ0) is 14.6. The van der Waals surface area contributed by atoms with E-state index < -0.39 is 16.0 Å². The highest BCUT2D eigenvalue weighted by Gasteiger charge is 2.24. The number of carboxylic acid groups (broad SMARTS) is 1. The number of aromatic amines is 1. The first-order valence-corrected chi connectivity index (χ1v) is 8.25. The molecule has 0 spiro atoms. The van der Waals surface area contributed by atoms with Crippen molar-refractivity contribution < 1.29 is 18.3 Å². The minimum Gasteiger partial charge on any atom is -0.478 e. The molecule has 0 aromatic carbocycles. The second-order valence-electron chi connectivity index (χ2n) is 5.11. The van der Waals surface area contributed by atoms with Crippen molar-refractivity contribution in [1.29, 1.82) is 0 Å². The lowest BCUT2D eigenvalue weighted by Gasteiger charge is -2.09. The Bertz CT molecular complexity index is 561. The van der Waals surface area contributed by atoms with Crippen LogP contribution in [0.25, 0.3) is 0 Å². The number of carbonyl (C=O) groups is 1. The summed E-state index contributed by atoms with van der Waals surface area (Å²) < 4.78 is 26.4. The Morgan fingerprint density at radius 3 is 2.80 bits per heavy atom. The number of sulfonamides is 1. The quantitative estimate of drug-likeness (QED) is 0.658. The van der Waals surface area contributed by atoms with Gasteiger partial charge < -0.3 is 5.11 Å². The summed E-state index contributed by atoms with van der Waals surface area (Å²) in [5, 5.41) is 14.2. The van der Waals surface area contributed by atoms with Gasteiger partial charge in [-0.1, -0.05) is 25.7 Å². The van der Waals surface area contributed by atoms with E-state index in [4.69, 9.17) is 5.11 Å². The minimum atomic E-state index is -3.84. The second-order valence-corrected chi connectivity index (χ2v) is 6.81. The van der Waals surface area contributed by atoms with Crippen LogP contribution in [0.2, 0.25) is 0 Å². The van der Waals surface area contributed by atoms with Crippen molar-refractivity contribution in [2.24, 2.45) is 5.92 Å². The van der Waals surface area contributed by atoms with Gasteiger partial charge in [-0.3, -0.25) is 5.10 Å². The number of hydrogen-bond donors (Lipinski definition) is 3. The van der Waals surface area contributed by atoms with Crippen molar-refractivity contribution in [3.8, 4) is 0 Å². The Balaban J connectivity index is 1.87. The summed E-state index contributed by atoms with van der Waals surface area (Å²) in [6.07, 6.45) is 7.78. The van der Waals surface area contributed by atoms with E-state index in [0.717, 1.165) is 19.0 Å². The van der Waals surface area contributed by atoms with Crippen LogP contribution < -0.4 is 4.72 Å². The van der Waals surface area contributed by atoms with Gasteiger partial charge in [-0.05, 0) is 18.8 Å². The Morgan fingerprint density at radius 2 is 2.15 bits per heavy atom. The molecule has 1 aliphatic rings. The van der Waals surface area contributed by atoms with Crippen LogP contribution in [-0.2, 0) is 10.0 Å². The van der Waals surface area contributed by atoms with E-state index in [-0.39, 0.29) is 10.6 Å². The minimum absolute atomic E-state index is 0.316. The maximum Gasteiger partial charge on any atom is 0.340 e. The first-order valence-electron chi connectivity index (χ1n) is 6.77. The van der Waals surface area contributed by atoms with Gasteiger partial charge in [-0.25, -0.2) is 17.9 Å². The van der Waals surface area contributed by atoms with Gasteiger partial charge in [0.15, 0.2) is 5.03 Å². The zero-order valence-corrected chi connectivity index (χ0v) is 11.9. The van der Waals surface area contributed by atoms with Crippen LogP contribution in [0.3, 0.4) is 0 Å². The van der Waals surface area contributed by atoms with Crippen molar-refractivity contribution in [2.75, 3.05) is 6.54 Å². The first kappa shape index (κ1) is 15.0. The lowest BCUT2D eigenvalue weighted by atomic mass is 10.0. The molecule has 8 heteroatoms. The van der Waals surface area contributed by atoms with Crippen LogP contribution in [0, 0.1) is 5.92 Å². The molecule has 1 aromatic rings. The maximum atomic E-state index is 12.0. The van der Waals surface area contributed by atoms with Crippen LogP contribution in [0.5, 0.6) is 0 Å². The predicted octanol–water partition coefficient (Wildman–Crippen LogP) is 1.36. The van der Waals surface area contributed by atoms with Crippen molar-refractivity contribution in [2.45, 2.75) is 43.6 Å². The molecule has 1 fully saturated rings. The Labute approximate surface area is 117 Å². The van der Waals surface area contributed by atoms with E-state index >= 15 is 0 Å². The SMILES string of the molecule is O=C(O)c1cn[nH]c1S(=O)(=O)NCCCC1CCCC1. The average molecular weight is 301 g/mol. The summed E-state index contributed by atoms with van der Waals surface area (Å²) in [7, 11) is -3.84. The van der Waals surface area contributed by atoms with Crippen LogP contribution in [-0.4, -0.2) is 36.2 Å². The molecule has 0 atom stereocenters. The van der Waals surface area contributed by atoms with Gasteiger partial charge in [0.2, 0.25) is 0 Å². The van der Waals surface area contributed by atoms with Gasteiger partial charge in [-0.2, -0.15) is 5.10 Å². The molecule has 0 saturated heterocycles. The molecule has 112 valence electrons. The molecule has 0 unspecified atom stereocenters. The highest BCUT2D eigenvalue weighted by molar-refractivity contribution is 7.89. The summed E-state index contributed by atoms with van der Waals surface area (Å²) in [5.74, 6) is -0.605. The van der Waals surface area contributed by atoms with Crippen LogP contribution in [0.1, 0.15) is 48.9 Å². The number of aromatic carboxylic acids is 1.